The zero-order valence-corrected chi connectivity index (χ0v) is 11.6. The highest BCUT2D eigenvalue weighted by atomic mass is 19.1. The van der Waals surface area contributed by atoms with Crippen LogP contribution in [0, 0.1) is 17.7 Å². The molecule has 2 aromatic carbocycles. The largest absolute Gasteiger partial charge is 0.497 e. The smallest absolute Gasteiger partial charge is 0.259 e. The number of carbonyl (C=O) groups excluding carboxylic acids is 1. The van der Waals surface area contributed by atoms with Crippen LogP contribution in [0.4, 0.5) is 10.1 Å². The number of nitrogens with zero attached hydrogens (tertiary/aromatic N) is 1. The highest BCUT2D eigenvalue weighted by Crippen LogP contribution is 2.28. The van der Waals surface area contributed by atoms with Gasteiger partial charge in [-0.15, -0.1) is 0 Å². The number of anilines is 1. The molecule has 1 aliphatic rings. The van der Waals surface area contributed by atoms with Crippen LogP contribution in [0.5, 0.6) is 5.75 Å². The molecule has 0 unspecified atom stereocenters. The molecule has 3 rings (SSSR count). The SMILES string of the molecule is COc1ccc2c(c1)N(C)C(=O)c1cc(F)ccc1C#C2. The molecule has 0 atom stereocenters. The Kier molecular flexibility index (Phi) is 3.11. The number of amides is 1. The fourth-order valence-corrected chi connectivity index (χ4v) is 2.25. The van der Waals surface area contributed by atoms with E-state index in [2.05, 4.69) is 11.8 Å². The minimum atomic E-state index is -0.455. The molecule has 0 saturated carbocycles. The Bertz CT molecular complexity index is 802. The van der Waals surface area contributed by atoms with Gasteiger partial charge in [0, 0.05) is 24.2 Å². The van der Waals surface area contributed by atoms with E-state index in [0.717, 1.165) is 5.56 Å². The first-order chi connectivity index (χ1) is 10.1. The summed E-state index contributed by atoms with van der Waals surface area (Å²) in [5, 5.41) is 0. The number of methoxy groups -OCH3 is 1. The van der Waals surface area contributed by atoms with Gasteiger partial charge in [0.1, 0.15) is 11.6 Å². The van der Waals surface area contributed by atoms with E-state index in [-0.39, 0.29) is 11.5 Å². The molecule has 0 N–H and O–H groups in total. The minimum absolute atomic E-state index is 0.262. The third-order valence-electron chi connectivity index (χ3n) is 3.41. The first kappa shape index (κ1) is 13.2. The molecule has 2 aromatic rings. The van der Waals surface area contributed by atoms with Crippen LogP contribution in [0.1, 0.15) is 21.5 Å². The Hall–Kier alpha value is -2.80. The average Bonchev–Trinajstić information content (AvgIpc) is 2.51. The van der Waals surface area contributed by atoms with Crippen LogP contribution in [0.2, 0.25) is 0 Å². The molecule has 0 aromatic heterocycles. The first-order valence-electron chi connectivity index (χ1n) is 6.38. The van der Waals surface area contributed by atoms with Crippen LogP contribution in [-0.4, -0.2) is 20.1 Å². The number of carbonyl (C=O) groups is 1. The standard InChI is InChI=1S/C17H12FNO2/c1-19-16-10-14(21-2)8-6-12(16)4-3-11-5-7-13(18)9-15(11)17(19)20/h5-10H,1-2H3. The lowest BCUT2D eigenvalue weighted by molar-refractivity contribution is 0.0992. The second-order valence-electron chi connectivity index (χ2n) is 4.69. The molecule has 3 nitrogen and oxygen atoms in total. The third-order valence-corrected chi connectivity index (χ3v) is 3.41. The van der Waals surface area contributed by atoms with Crippen molar-refractivity contribution in [1.29, 1.82) is 0 Å². The van der Waals surface area contributed by atoms with Crippen LogP contribution < -0.4 is 9.64 Å². The Morgan fingerprint density at radius 3 is 2.57 bits per heavy atom. The van der Waals surface area contributed by atoms with Crippen molar-refractivity contribution < 1.29 is 13.9 Å². The van der Waals surface area contributed by atoms with E-state index in [9.17, 15) is 9.18 Å². The normalized spacial score (nSPS) is 12.5. The van der Waals surface area contributed by atoms with Crippen molar-refractivity contribution in [2.45, 2.75) is 0 Å². The fraction of sp³-hybridized carbons (Fsp3) is 0.118. The molecular weight excluding hydrogens is 269 g/mol. The van der Waals surface area contributed by atoms with E-state index < -0.39 is 5.82 Å². The monoisotopic (exact) mass is 281 g/mol. The van der Waals surface area contributed by atoms with E-state index in [1.54, 1.807) is 32.4 Å². The first-order valence-corrected chi connectivity index (χ1v) is 6.38. The zero-order chi connectivity index (χ0) is 15.0. The van der Waals surface area contributed by atoms with Crippen molar-refractivity contribution in [1.82, 2.24) is 0 Å². The lowest BCUT2D eigenvalue weighted by atomic mass is 10.0. The van der Waals surface area contributed by atoms with Crippen LogP contribution in [0.15, 0.2) is 36.4 Å². The van der Waals surface area contributed by atoms with E-state index in [1.807, 2.05) is 0 Å². The van der Waals surface area contributed by atoms with Crippen LogP contribution in [-0.2, 0) is 0 Å². The maximum atomic E-state index is 13.4. The summed E-state index contributed by atoms with van der Waals surface area (Å²) in [6.45, 7) is 0. The van der Waals surface area contributed by atoms with Crippen LogP contribution >= 0.6 is 0 Å². The predicted molar refractivity (Wildman–Crippen MR) is 78.1 cm³/mol. The molecule has 4 heteroatoms. The highest BCUT2D eigenvalue weighted by molar-refractivity contribution is 6.08. The average molecular weight is 281 g/mol. The number of benzene rings is 2. The maximum absolute atomic E-state index is 13.4. The minimum Gasteiger partial charge on any atom is -0.497 e. The molecular formula is C17H12FNO2. The lowest BCUT2D eigenvalue weighted by Crippen LogP contribution is -2.28. The second kappa shape index (κ2) is 4.95. The number of rotatable bonds is 1. The summed E-state index contributed by atoms with van der Waals surface area (Å²) in [4.78, 5) is 14.0. The van der Waals surface area contributed by atoms with E-state index >= 15 is 0 Å². The van der Waals surface area contributed by atoms with Gasteiger partial charge < -0.3 is 9.64 Å². The van der Waals surface area contributed by atoms with Gasteiger partial charge in [0.15, 0.2) is 0 Å². The summed E-state index contributed by atoms with van der Waals surface area (Å²) in [5.41, 5.74) is 2.15. The van der Waals surface area contributed by atoms with Crippen molar-refractivity contribution in [2.75, 3.05) is 19.1 Å². The fourth-order valence-electron chi connectivity index (χ4n) is 2.25. The quantitative estimate of drug-likeness (QED) is 0.752. The number of halogens is 1. The predicted octanol–water partition coefficient (Wildman–Crippen LogP) is 2.82. The van der Waals surface area contributed by atoms with Gasteiger partial charge in [0.05, 0.1) is 18.4 Å². The summed E-state index contributed by atoms with van der Waals surface area (Å²) >= 11 is 0. The van der Waals surface area contributed by atoms with Gasteiger partial charge in [-0.3, -0.25) is 4.79 Å². The van der Waals surface area contributed by atoms with Crippen LogP contribution in [0.25, 0.3) is 0 Å². The van der Waals surface area contributed by atoms with E-state index in [0.29, 0.717) is 17.0 Å². The number of ether oxygens (including phenoxy) is 1. The lowest BCUT2D eigenvalue weighted by Gasteiger charge is -2.21. The van der Waals surface area contributed by atoms with Crippen molar-refractivity contribution in [3.63, 3.8) is 0 Å². The number of fused-ring (bicyclic) bond motifs is 2. The van der Waals surface area contributed by atoms with Gasteiger partial charge in [0.2, 0.25) is 0 Å². The molecule has 0 aliphatic carbocycles. The molecule has 0 fully saturated rings. The summed E-state index contributed by atoms with van der Waals surface area (Å²) in [6.07, 6.45) is 0. The molecule has 0 spiro atoms. The molecule has 1 amide bonds. The summed E-state index contributed by atoms with van der Waals surface area (Å²) in [6, 6.07) is 9.38. The summed E-state index contributed by atoms with van der Waals surface area (Å²) < 4.78 is 18.6. The van der Waals surface area contributed by atoms with Gasteiger partial charge in [0.25, 0.3) is 5.91 Å². The number of hydrogen-bond acceptors (Lipinski definition) is 2. The van der Waals surface area contributed by atoms with E-state index in [1.165, 1.54) is 23.1 Å². The Morgan fingerprint density at radius 1 is 1.10 bits per heavy atom. The van der Waals surface area contributed by atoms with Gasteiger partial charge in [-0.1, -0.05) is 11.8 Å². The molecule has 0 bridgehead atoms. The number of hydrogen-bond donors (Lipinski definition) is 0. The zero-order valence-electron chi connectivity index (χ0n) is 11.6. The third kappa shape index (κ3) is 2.23. The Labute approximate surface area is 122 Å². The van der Waals surface area contributed by atoms with Gasteiger partial charge in [-0.2, -0.15) is 0 Å². The second-order valence-corrected chi connectivity index (χ2v) is 4.69. The van der Waals surface area contributed by atoms with Crippen molar-refractivity contribution in [2.24, 2.45) is 0 Å². The summed E-state index contributed by atoms with van der Waals surface area (Å²) in [7, 11) is 3.20. The molecule has 0 radical (unpaired) electrons. The molecule has 104 valence electrons. The topological polar surface area (TPSA) is 29.5 Å². The molecule has 0 saturated heterocycles. The van der Waals surface area contributed by atoms with E-state index in [4.69, 9.17) is 4.74 Å². The Morgan fingerprint density at radius 2 is 1.81 bits per heavy atom. The van der Waals surface area contributed by atoms with Crippen molar-refractivity contribution in [3.05, 3.63) is 58.9 Å². The molecule has 1 aliphatic heterocycles. The van der Waals surface area contributed by atoms with Gasteiger partial charge >= 0.3 is 0 Å². The van der Waals surface area contributed by atoms with Crippen molar-refractivity contribution >= 4 is 11.6 Å². The van der Waals surface area contributed by atoms with Gasteiger partial charge in [-0.25, -0.2) is 4.39 Å². The van der Waals surface area contributed by atoms with Crippen LogP contribution in [0.3, 0.4) is 0 Å². The molecule has 1 heterocycles. The van der Waals surface area contributed by atoms with Crippen molar-refractivity contribution in [3.8, 4) is 17.6 Å². The highest BCUT2D eigenvalue weighted by Gasteiger charge is 2.21. The summed E-state index contributed by atoms with van der Waals surface area (Å²) in [5.74, 6) is 5.83. The molecule has 21 heavy (non-hydrogen) atoms. The Balaban J connectivity index is 2.24. The maximum Gasteiger partial charge on any atom is 0.259 e. The van der Waals surface area contributed by atoms with Gasteiger partial charge in [-0.05, 0) is 30.3 Å².